The molecule has 0 unspecified atom stereocenters. The summed E-state index contributed by atoms with van der Waals surface area (Å²) in [5.74, 6) is -0.238. The van der Waals surface area contributed by atoms with E-state index in [0.29, 0.717) is 11.4 Å². The number of amides is 1. The zero-order chi connectivity index (χ0) is 15.6. The van der Waals surface area contributed by atoms with E-state index in [-0.39, 0.29) is 5.91 Å². The molecule has 23 heavy (non-hydrogen) atoms. The lowest BCUT2D eigenvalue weighted by molar-refractivity contribution is 0.102. The number of para-hydroxylation sites is 1. The second-order valence-electron chi connectivity index (χ2n) is 5.09. The maximum absolute atomic E-state index is 12.4. The number of H-pyrrole nitrogens is 1. The van der Waals surface area contributed by atoms with E-state index >= 15 is 0 Å². The van der Waals surface area contributed by atoms with Gasteiger partial charge in [-0.3, -0.25) is 9.89 Å². The number of fused-ring (bicyclic) bond motifs is 1. The fourth-order valence-electron chi connectivity index (χ4n) is 2.46. The van der Waals surface area contributed by atoms with E-state index in [2.05, 4.69) is 20.5 Å². The summed E-state index contributed by atoms with van der Waals surface area (Å²) in [6.45, 7) is 0. The van der Waals surface area contributed by atoms with Crippen molar-refractivity contribution >= 4 is 22.5 Å². The predicted molar refractivity (Wildman–Crippen MR) is 87.6 cm³/mol. The maximum atomic E-state index is 12.4. The zero-order valence-corrected chi connectivity index (χ0v) is 12.1. The molecule has 1 amide bonds. The first-order valence-corrected chi connectivity index (χ1v) is 7.14. The molecule has 0 saturated heterocycles. The third kappa shape index (κ3) is 2.46. The van der Waals surface area contributed by atoms with Gasteiger partial charge in [0.15, 0.2) is 5.69 Å². The first kappa shape index (κ1) is 13.3. The van der Waals surface area contributed by atoms with Crippen molar-refractivity contribution in [3.63, 3.8) is 0 Å². The van der Waals surface area contributed by atoms with Crippen LogP contribution in [0.15, 0.2) is 67.3 Å². The summed E-state index contributed by atoms with van der Waals surface area (Å²) in [6.07, 6.45) is 5.31. The Morgan fingerprint density at radius 1 is 1.09 bits per heavy atom. The normalized spacial score (nSPS) is 10.8. The lowest BCUT2D eigenvalue weighted by Crippen LogP contribution is -2.12. The number of nitrogens with zero attached hydrogens (tertiary/aromatic N) is 3. The number of rotatable bonds is 3. The molecule has 0 aliphatic carbocycles. The highest BCUT2D eigenvalue weighted by Crippen LogP contribution is 2.18. The van der Waals surface area contributed by atoms with Crippen LogP contribution in [0.4, 0.5) is 5.69 Å². The quantitative estimate of drug-likeness (QED) is 0.611. The number of carbonyl (C=O) groups excluding carboxylic acids is 1. The van der Waals surface area contributed by atoms with Crippen molar-refractivity contribution in [1.82, 2.24) is 19.7 Å². The lowest BCUT2D eigenvalue weighted by Gasteiger charge is -2.06. The topological polar surface area (TPSA) is 75.6 Å². The second kappa shape index (κ2) is 5.42. The van der Waals surface area contributed by atoms with Crippen molar-refractivity contribution in [3.8, 4) is 5.69 Å². The SMILES string of the molecule is O=C(Nc1ccc(-n2ccnc2)cc1)c1n[nH]c2ccccc12. The number of benzene rings is 2. The van der Waals surface area contributed by atoms with E-state index < -0.39 is 0 Å². The molecule has 0 spiro atoms. The Morgan fingerprint density at radius 2 is 1.91 bits per heavy atom. The molecule has 6 nitrogen and oxygen atoms in total. The third-order valence-corrected chi connectivity index (χ3v) is 3.61. The van der Waals surface area contributed by atoms with E-state index in [4.69, 9.17) is 0 Å². The van der Waals surface area contributed by atoms with Gasteiger partial charge in [-0.05, 0) is 30.3 Å². The molecule has 0 fully saturated rings. The summed E-state index contributed by atoms with van der Waals surface area (Å²) in [5, 5.41) is 10.6. The highest BCUT2D eigenvalue weighted by molar-refractivity contribution is 6.11. The molecule has 2 heterocycles. The fraction of sp³-hybridized carbons (Fsp3) is 0. The first-order valence-electron chi connectivity index (χ1n) is 7.14. The van der Waals surface area contributed by atoms with Crippen LogP contribution < -0.4 is 5.32 Å². The minimum absolute atomic E-state index is 0.238. The number of imidazole rings is 1. The lowest BCUT2D eigenvalue weighted by atomic mass is 10.2. The van der Waals surface area contributed by atoms with Gasteiger partial charge in [-0.1, -0.05) is 18.2 Å². The summed E-state index contributed by atoms with van der Waals surface area (Å²) in [5.41, 5.74) is 2.92. The van der Waals surface area contributed by atoms with Gasteiger partial charge in [0.1, 0.15) is 0 Å². The molecule has 2 aromatic heterocycles. The van der Waals surface area contributed by atoms with E-state index in [1.165, 1.54) is 0 Å². The van der Waals surface area contributed by atoms with Crippen molar-refractivity contribution < 1.29 is 4.79 Å². The summed E-state index contributed by atoms with van der Waals surface area (Å²) >= 11 is 0. The van der Waals surface area contributed by atoms with Crippen molar-refractivity contribution in [2.45, 2.75) is 0 Å². The van der Waals surface area contributed by atoms with Crippen LogP contribution in [0.3, 0.4) is 0 Å². The van der Waals surface area contributed by atoms with Crippen LogP contribution in [0.2, 0.25) is 0 Å². The van der Waals surface area contributed by atoms with Gasteiger partial charge in [-0.15, -0.1) is 0 Å². The molecule has 2 aromatic carbocycles. The van der Waals surface area contributed by atoms with Crippen LogP contribution >= 0.6 is 0 Å². The van der Waals surface area contributed by atoms with Crippen molar-refractivity contribution in [3.05, 3.63) is 72.9 Å². The Bertz CT molecular complexity index is 954. The summed E-state index contributed by atoms with van der Waals surface area (Å²) in [4.78, 5) is 16.4. The van der Waals surface area contributed by atoms with Gasteiger partial charge < -0.3 is 9.88 Å². The minimum atomic E-state index is -0.238. The molecule has 2 N–H and O–H groups in total. The molecule has 0 saturated carbocycles. The number of aromatic nitrogens is 4. The van der Waals surface area contributed by atoms with Crippen LogP contribution in [0.1, 0.15) is 10.5 Å². The molecule has 0 atom stereocenters. The Kier molecular flexibility index (Phi) is 3.12. The van der Waals surface area contributed by atoms with Gasteiger partial charge in [0.05, 0.1) is 11.8 Å². The Morgan fingerprint density at radius 3 is 2.70 bits per heavy atom. The molecule has 4 rings (SSSR count). The molecular formula is C17H13N5O. The molecule has 6 heteroatoms. The second-order valence-corrected chi connectivity index (χ2v) is 5.09. The molecular weight excluding hydrogens is 290 g/mol. The molecule has 112 valence electrons. The molecule has 0 bridgehead atoms. The summed E-state index contributed by atoms with van der Waals surface area (Å²) in [7, 11) is 0. The summed E-state index contributed by atoms with van der Waals surface area (Å²) < 4.78 is 1.90. The van der Waals surface area contributed by atoms with E-state index in [1.807, 2.05) is 59.3 Å². The third-order valence-electron chi connectivity index (χ3n) is 3.61. The largest absolute Gasteiger partial charge is 0.321 e. The van der Waals surface area contributed by atoms with Crippen molar-refractivity contribution in [1.29, 1.82) is 0 Å². The Balaban J connectivity index is 1.57. The molecule has 0 aliphatic rings. The van der Waals surface area contributed by atoms with Gasteiger partial charge in [0, 0.05) is 29.2 Å². The number of nitrogens with one attached hydrogen (secondary N) is 2. The van der Waals surface area contributed by atoms with Crippen LogP contribution in [0.25, 0.3) is 16.6 Å². The van der Waals surface area contributed by atoms with Gasteiger partial charge in [-0.2, -0.15) is 5.10 Å². The number of aromatic amines is 1. The van der Waals surface area contributed by atoms with Crippen molar-refractivity contribution in [2.75, 3.05) is 5.32 Å². The highest BCUT2D eigenvalue weighted by atomic mass is 16.1. The van der Waals surface area contributed by atoms with Crippen LogP contribution in [0.5, 0.6) is 0 Å². The Labute approximate surface area is 131 Å². The smallest absolute Gasteiger partial charge is 0.276 e. The fourth-order valence-corrected chi connectivity index (χ4v) is 2.46. The minimum Gasteiger partial charge on any atom is -0.321 e. The average Bonchev–Trinajstić information content (AvgIpc) is 3.25. The number of carbonyl (C=O) groups is 1. The van der Waals surface area contributed by atoms with Crippen LogP contribution in [-0.4, -0.2) is 25.7 Å². The predicted octanol–water partition coefficient (Wildman–Crippen LogP) is 3.00. The van der Waals surface area contributed by atoms with Crippen molar-refractivity contribution in [2.24, 2.45) is 0 Å². The highest BCUT2D eigenvalue weighted by Gasteiger charge is 2.13. The molecule has 4 aromatic rings. The molecule has 0 radical (unpaired) electrons. The van der Waals surface area contributed by atoms with E-state index in [1.54, 1.807) is 12.5 Å². The van der Waals surface area contributed by atoms with Gasteiger partial charge in [0.25, 0.3) is 5.91 Å². The van der Waals surface area contributed by atoms with Gasteiger partial charge >= 0.3 is 0 Å². The maximum Gasteiger partial charge on any atom is 0.276 e. The molecule has 0 aliphatic heterocycles. The Hall–Kier alpha value is -3.41. The van der Waals surface area contributed by atoms with Gasteiger partial charge in [-0.25, -0.2) is 4.98 Å². The van der Waals surface area contributed by atoms with E-state index in [0.717, 1.165) is 16.6 Å². The standard InChI is InChI=1S/C17H13N5O/c23-17(16-14-3-1-2-4-15(14)20-21-16)19-12-5-7-13(8-6-12)22-10-9-18-11-22/h1-11H,(H,19,23)(H,20,21). The number of hydrogen-bond acceptors (Lipinski definition) is 3. The van der Waals surface area contributed by atoms with E-state index in [9.17, 15) is 4.79 Å². The first-order chi connectivity index (χ1) is 11.3. The number of hydrogen-bond donors (Lipinski definition) is 2. The summed E-state index contributed by atoms with van der Waals surface area (Å²) in [6, 6.07) is 15.1. The average molecular weight is 303 g/mol. The monoisotopic (exact) mass is 303 g/mol. The number of anilines is 1. The zero-order valence-electron chi connectivity index (χ0n) is 12.1. The van der Waals surface area contributed by atoms with Crippen LogP contribution in [0, 0.1) is 0 Å². The van der Waals surface area contributed by atoms with Crippen LogP contribution in [-0.2, 0) is 0 Å². The van der Waals surface area contributed by atoms with Gasteiger partial charge in [0.2, 0.25) is 0 Å².